The van der Waals surface area contributed by atoms with Crippen LogP contribution in [0.3, 0.4) is 0 Å². The molecule has 0 atom stereocenters. The van der Waals surface area contributed by atoms with Crippen molar-refractivity contribution in [2.24, 2.45) is 0 Å². The molecular weight excluding hydrogens is 294 g/mol. The average Bonchev–Trinajstić information content (AvgIpc) is 2.87. The minimum absolute atomic E-state index is 0.196. The number of hydrogen-bond acceptors (Lipinski definition) is 5. The molecule has 0 radical (unpaired) electrons. The van der Waals surface area contributed by atoms with E-state index in [0.29, 0.717) is 11.3 Å². The van der Waals surface area contributed by atoms with Crippen LogP contribution >= 0.6 is 11.3 Å². The quantitative estimate of drug-likeness (QED) is 0.828. The number of anilines is 1. The molecule has 0 bridgehead atoms. The number of thiazole rings is 1. The molecule has 0 saturated carbocycles. The molecule has 0 aliphatic heterocycles. The fourth-order valence-corrected chi connectivity index (χ4v) is 3.89. The molecular formula is C13H17N3O2S2. The zero-order valence-corrected chi connectivity index (χ0v) is 13.0. The lowest BCUT2D eigenvalue weighted by Crippen LogP contribution is -2.24. The minimum atomic E-state index is -3.57. The van der Waals surface area contributed by atoms with Crippen molar-refractivity contribution in [2.75, 3.05) is 5.73 Å². The number of sulfonamides is 1. The Labute approximate surface area is 122 Å². The topological polar surface area (TPSA) is 85.1 Å². The molecule has 3 N–H and O–H groups in total. The zero-order valence-electron chi connectivity index (χ0n) is 11.4. The highest BCUT2D eigenvalue weighted by Gasteiger charge is 2.17. The minimum Gasteiger partial charge on any atom is -0.399 e. The predicted molar refractivity (Wildman–Crippen MR) is 81.1 cm³/mol. The van der Waals surface area contributed by atoms with Crippen LogP contribution in [0.4, 0.5) is 5.69 Å². The summed E-state index contributed by atoms with van der Waals surface area (Å²) in [5.74, 6) is 0. The van der Waals surface area contributed by atoms with Gasteiger partial charge in [-0.15, -0.1) is 11.3 Å². The number of aromatic nitrogens is 1. The van der Waals surface area contributed by atoms with Crippen LogP contribution in [-0.2, 0) is 23.0 Å². The number of benzene rings is 1. The van der Waals surface area contributed by atoms with E-state index in [1.165, 1.54) is 17.4 Å². The molecule has 1 aromatic heterocycles. The maximum absolute atomic E-state index is 12.3. The van der Waals surface area contributed by atoms with Gasteiger partial charge in [0.25, 0.3) is 0 Å². The van der Waals surface area contributed by atoms with Crippen LogP contribution in [0.25, 0.3) is 0 Å². The molecule has 108 valence electrons. The SMILES string of the molecule is CCc1cnc(CNS(=O)(=O)c2cc(N)ccc2C)s1. The van der Waals surface area contributed by atoms with E-state index in [1.807, 2.05) is 6.92 Å². The molecule has 20 heavy (non-hydrogen) atoms. The molecule has 7 heteroatoms. The number of nitrogens with two attached hydrogens (primary N) is 1. The summed E-state index contributed by atoms with van der Waals surface area (Å²) in [5.41, 5.74) is 6.75. The van der Waals surface area contributed by atoms with E-state index < -0.39 is 10.0 Å². The third-order valence-corrected chi connectivity index (χ3v) is 5.55. The van der Waals surface area contributed by atoms with Crippen molar-refractivity contribution in [1.29, 1.82) is 0 Å². The van der Waals surface area contributed by atoms with Crippen LogP contribution in [0, 0.1) is 6.92 Å². The van der Waals surface area contributed by atoms with Crippen molar-refractivity contribution in [3.63, 3.8) is 0 Å². The summed E-state index contributed by atoms with van der Waals surface area (Å²) in [6, 6.07) is 4.85. The molecule has 5 nitrogen and oxygen atoms in total. The van der Waals surface area contributed by atoms with E-state index in [9.17, 15) is 8.42 Å². The number of nitrogen functional groups attached to an aromatic ring is 1. The smallest absolute Gasteiger partial charge is 0.241 e. The molecule has 2 rings (SSSR count). The van der Waals surface area contributed by atoms with Crippen molar-refractivity contribution in [3.05, 3.63) is 39.8 Å². The summed E-state index contributed by atoms with van der Waals surface area (Å²) in [7, 11) is -3.57. The average molecular weight is 311 g/mol. The van der Waals surface area contributed by atoms with Gasteiger partial charge in [-0.3, -0.25) is 0 Å². The van der Waals surface area contributed by atoms with Gasteiger partial charge in [0.2, 0.25) is 10.0 Å². The van der Waals surface area contributed by atoms with Gasteiger partial charge in [-0.05, 0) is 31.0 Å². The summed E-state index contributed by atoms with van der Waals surface area (Å²) in [6.45, 7) is 3.98. The van der Waals surface area contributed by atoms with Crippen molar-refractivity contribution in [1.82, 2.24) is 9.71 Å². The maximum atomic E-state index is 12.3. The number of aryl methyl sites for hydroxylation is 2. The van der Waals surface area contributed by atoms with Gasteiger partial charge < -0.3 is 5.73 Å². The normalized spacial score (nSPS) is 11.7. The predicted octanol–water partition coefficient (Wildman–Crippen LogP) is 2.07. The van der Waals surface area contributed by atoms with Crippen LogP contribution in [0.15, 0.2) is 29.3 Å². The second kappa shape index (κ2) is 5.90. The van der Waals surface area contributed by atoms with E-state index in [2.05, 4.69) is 9.71 Å². The summed E-state index contributed by atoms with van der Waals surface area (Å²) in [4.78, 5) is 5.54. The van der Waals surface area contributed by atoms with Crippen molar-refractivity contribution in [3.8, 4) is 0 Å². The van der Waals surface area contributed by atoms with E-state index in [-0.39, 0.29) is 11.4 Å². The highest BCUT2D eigenvalue weighted by atomic mass is 32.2. The summed E-state index contributed by atoms with van der Waals surface area (Å²) >= 11 is 1.51. The first-order valence-corrected chi connectivity index (χ1v) is 8.51. The van der Waals surface area contributed by atoms with Crippen LogP contribution in [-0.4, -0.2) is 13.4 Å². The van der Waals surface area contributed by atoms with Crippen LogP contribution < -0.4 is 10.5 Å². The molecule has 0 fully saturated rings. The Morgan fingerprint density at radius 2 is 2.15 bits per heavy atom. The van der Waals surface area contributed by atoms with Crippen LogP contribution in [0.1, 0.15) is 22.4 Å². The van der Waals surface area contributed by atoms with Gasteiger partial charge in [-0.2, -0.15) is 0 Å². The van der Waals surface area contributed by atoms with Gasteiger partial charge in [0.15, 0.2) is 0 Å². The Morgan fingerprint density at radius 3 is 2.80 bits per heavy atom. The first-order valence-electron chi connectivity index (χ1n) is 6.21. The summed E-state index contributed by atoms with van der Waals surface area (Å²) < 4.78 is 27.1. The fourth-order valence-electron chi connectivity index (χ4n) is 1.73. The number of rotatable bonds is 5. The first-order chi connectivity index (χ1) is 9.42. The number of nitrogens with zero attached hydrogens (tertiary/aromatic N) is 1. The largest absolute Gasteiger partial charge is 0.399 e. The van der Waals surface area contributed by atoms with E-state index in [1.54, 1.807) is 25.3 Å². The summed E-state index contributed by atoms with van der Waals surface area (Å²) in [6.07, 6.45) is 2.68. The second-order valence-electron chi connectivity index (χ2n) is 4.42. The molecule has 0 unspecified atom stereocenters. The van der Waals surface area contributed by atoms with Crippen LogP contribution in [0.2, 0.25) is 0 Å². The highest BCUT2D eigenvalue weighted by molar-refractivity contribution is 7.89. The lowest BCUT2D eigenvalue weighted by Gasteiger charge is -2.09. The summed E-state index contributed by atoms with van der Waals surface area (Å²) in [5, 5.41) is 0.756. The van der Waals surface area contributed by atoms with E-state index in [0.717, 1.165) is 16.3 Å². The van der Waals surface area contributed by atoms with Gasteiger partial charge in [0.05, 0.1) is 11.4 Å². The Bertz CT molecular complexity index is 708. The molecule has 0 aliphatic rings. The van der Waals surface area contributed by atoms with Gasteiger partial charge in [0.1, 0.15) is 5.01 Å². The third-order valence-electron chi connectivity index (χ3n) is 2.87. The van der Waals surface area contributed by atoms with Crippen molar-refractivity contribution >= 4 is 27.0 Å². The molecule has 0 spiro atoms. The Morgan fingerprint density at radius 1 is 1.40 bits per heavy atom. The lowest BCUT2D eigenvalue weighted by atomic mass is 10.2. The van der Waals surface area contributed by atoms with Crippen molar-refractivity contribution in [2.45, 2.75) is 31.7 Å². The van der Waals surface area contributed by atoms with Crippen molar-refractivity contribution < 1.29 is 8.42 Å². The molecule has 0 amide bonds. The number of hydrogen-bond donors (Lipinski definition) is 2. The molecule has 1 heterocycles. The highest BCUT2D eigenvalue weighted by Crippen LogP contribution is 2.19. The standard InChI is InChI=1S/C13H17N3O2S2/c1-3-11-7-15-13(19-11)8-16-20(17,18)12-6-10(14)5-4-9(12)2/h4-7,16H,3,8,14H2,1-2H3. The van der Waals surface area contributed by atoms with Gasteiger partial charge in [-0.1, -0.05) is 13.0 Å². The molecule has 1 aromatic carbocycles. The zero-order chi connectivity index (χ0) is 14.8. The fraction of sp³-hybridized carbons (Fsp3) is 0.308. The van der Waals surface area contributed by atoms with E-state index in [4.69, 9.17) is 5.73 Å². The van der Waals surface area contributed by atoms with Gasteiger partial charge in [-0.25, -0.2) is 18.1 Å². The first kappa shape index (κ1) is 15.0. The third kappa shape index (κ3) is 3.36. The Hall–Kier alpha value is -1.44. The van der Waals surface area contributed by atoms with Gasteiger partial charge >= 0.3 is 0 Å². The molecule has 2 aromatic rings. The Balaban J connectivity index is 2.17. The van der Waals surface area contributed by atoms with Gasteiger partial charge in [0, 0.05) is 16.8 Å². The monoisotopic (exact) mass is 311 g/mol. The molecule has 0 aliphatic carbocycles. The molecule has 0 saturated heterocycles. The second-order valence-corrected chi connectivity index (χ2v) is 7.36. The lowest BCUT2D eigenvalue weighted by molar-refractivity contribution is 0.580. The maximum Gasteiger partial charge on any atom is 0.241 e. The van der Waals surface area contributed by atoms with Crippen LogP contribution in [0.5, 0.6) is 0 Å². The Kier molecular flexibility index (Phi) is 4.42. The van der Waals surface area contributed by atoms with E-state index >= 15 is 0 Å². The number of nitrogens with one attached hydrogen (secondary N) is 1.